The molecule has 0 spiro atoms. The summed E-state index contributed by atoms with van der Waals surface area (Å²) in [7, 11) is 0. The Morgan fingerprint density at radius 1 is 0.632 bits per heavy atom. The fourth-order valence-corrected chi connectivity index (χ4v) is 1.67. The normalized spacial score (nSPS) is 16.4. The molecule has 0 saturated heterocycles. The third kappa shape index (κ3) is 3.85. The predicted molar refractivity (Wildman–Crippen MR) is 67.4 cm³/mol. The summed E-state index contributed by atoms with van der Waals surface area (Å²) in [6.07, 6.45) is -1.46. The molecule has 2 atom stereocenters. The highest BCUT2D eigenvalue weighted by Crippen LogP contribution is 2.29. The van der Waals surface area contributed by atoms with Gasteiger partial charge in [-0.25, -0.2) is 0 Å². The van der Waals surface area contributed by atoms with Crippen molar-refractivity contribution in [3.63, 3.8) is 0 Å². The van der Waals surface area contributed by atoms with E-state index < -0.39 is 62.7 Å². The van der Waals surface area contributed by atoms with E-state index in [1.54, 1.807) is 13.8 Å². The van der Waals surface area contributed by atoms with E-state index in [-0.39, 0.29) is 0 Å². The molecule has 116 valence electrons. The molecule has 6 N–H and O–H groups in total. The summed E-state index contributed by atoms with van der Waals surface area (Å²) in [4.78, 5) is 0. The van der Waals surface area contributed by atoms with Crippen molar-refractivity contribution in [3.8, 4) is 0 Å². The number of hydrogen-bond donors (Lipinski definition) is 6. The lowest BCUT2D eigenvalue weighted by Crippen LogP contribution is -2.51. The molecule has 0 fully saturated rings. The quantitative estimate of drug-likeness (QED) is 0.266. The minimum atomic E-state index is -1.22. The molecule has 0 saturated carbocycles. The van der Waals surface area contributed by atoms with E-state index in [0.29, 0.717) is 0 Å². The minimum absolute atomic E-state index is 0.474. The summed E-state index contributed by atoms with van der Waals surface area (Å²) in [5.41, 5.74) is -2.44. The average molecular weight is 282 g/mol. The molecule has 0 amide bonds. The number of aliphatic hydroxyl groups excluding tert-OH is 6. The molecule has 0 rings (SSSR count). The summed E-state index contributed by atoms with van der Waals surface area (Å²) in [5, 5.41) is 55.7. The number of hydrogen-bond acceptors (Lipinski definition) is 7. The first-order valence-electron chi connectivity index (χ1n) is 6.22. The summed E-state index contributed by atoms with van der Waals surface area (Å²) in [6, 6.07) is 0. The van der Waals surface area contributed by atoms with E-state index in [1.807, 2.05) is 0 Å². The molecule has 0 aliphatic heterocycles. The van der Waals surface area contributed by atoms with Gasteiger partial charge in [-0.1, -0.05) is 0 Å². The summed E-state index contributed by atoms with van der Waals surface area (Å²) in [5.74, 6) is 0. The summed E-state index contributed by atoms with van der Waals surface area (Å²) < 4.78 is 5.57. The van der Waals surface area contributed by atoms with Gasteiger partial charge in [0.15, 0.2) is 0 Å². The van der Waals surface area contributed by atoms with Gasteiger partial charge in [-0.15, -0.1) is 0 Å². The highest BCUT2D eigenvalue weighted by atomic mass is 16.5. The van der Waals surface area contributed by atoms with Crippen molar-refractivity contribution in [2.75, 3.05) is 39.6 Å². The van der Waals surface area contributed by atoms with Crippen LogP contribution in [0.2, 0.25) is 0 Å². The van der Waals surface area contributed by atoms with Crippen LogP contribution in [0.15, 0.2) is 0 Å². The lowest BCUT2D eigenvalue weighted by Gasteiger charge is -2.40. The zero-order valence-electron chi connectivity index (χ0n) is 11.5. The maximum absolute atomic E-state index is 9.29. The van der Waals surface area contributed by atoms with Gasteiger partial charge in [0.2, 0.25) is 0 Å². The second kappa shape index (κ2) is 8.11. The number of ether oxygens (including phenoxy) is 1. The maximum atomic E-state index is 9.29. The predicted octanol–water partition coefficient (Wildman–Crippen LogP) is -2.29. The van der Waals surface area contributed by atoms with Gasteiger partial charge in [0, 0.05) is 0 Å². The van der Waals surface area contributed by atoms with E-state index >= 15 is 0 Å². The Hall–Kier alpha value is -0.280. The van der Waals surface area contributed by atoms with Crippen molar-refractivity contribution in [2.45, 2.75) is 26.1 Å². The van der Waals surface area contributed by atoms with Crippen molar-refractivity contribution >= 4 is 0 Å². The molecule has 0 bridgehead atoms. The highest BCUT2D eigenvalue weighted by Gasteiger charge is 2.41. The molecular weight excluding hydrogens is 256 g/mol. The van der Waals surface area contributed by atoms with Gasteiger partial charge in [0.1, 0.15) is 0 Å². The van der Waals surface area contributed by atoms with Crippen molar-refractivity contribution < 1.29 is 35.4 Å². The largest absolute Gasteiger partial charge is 0.396 e. The highest BCUT2D eigenvalue weighted by molar-refractivity contribution is 4.88. The van der Waals surface area contributed by atoms with E-state index in [0.717, 1.165) is 0 Å². The van der Waals surface area contributed by atoms with Gasteiger partial charge < -0.3 is 35.4 Å². The lowest BCUT2D eigenvalue weighted by molar-refractivity contribution is -0.175. The molecule has 0 aliphatic rings. The summed E-state index contributed by atoms with van der Waals surface area (Å²) in [6.45, 7) is 0.287. The van der Waals surface area contributed by atoms with E-state index in [4.69, 9.17) is 4.74 Å². The van der Waals surface area contributed by atoms with Crippen LogP contribution in [-0.4, -0.2) is 82.5 Å². The van der Waals surface area contributed by atoms with Crippen LogP contribution in [0.1, 0.15) is 13.8 Å². The van der Waals surface area contributed by atoms with Crippen molar-refractivity contribution in [2.24, 2.45) is 10.8 Å². The Morgan fingerprint density at radius 3 is 1.00 bits per heavy atom. The molecule has 2 unspecified atom stereocenters. The molecule has 0 aromatic heterocycles. The Morgan fingerprint density at radius 2 is 0.842 bits per heavy atom. The fourth-order valence-electron chi connectivity index (χ4n) is 1.67. The van der Waals surface area contributed by atoms with E-state index in [1.165, 1.54) is 0 Å². The van der Waals surface area contributed by atoms with Crippen LogP contribution in [0.5, 0.6) is 0 Å². The Bertz CT molecular complexity index is 198. The second-order valence-corrected chi connectivity index (χ2v) is 5.09. The molecular formula is C12H26O7. The Kier molecular flexibility index (Phi) is 7.99. The van der Waals surface area contributed by atoms with Gasteiger partial charge >= 0.3 is 0 Å². The van der Waals surface area contributed by atoms with Crippen LogP contribution in [0, 0.1) is 10.8 Å². The van der Waals surface area contributed by atoms with Crippen molar-refractivity contribution in [1.29, 1.82) is 0 Å². The molecule has 0 radical (unpaired) electrons. The third-order valence-corrected chi connectivity index (χ3v) is 4.02. The van der Waals surface area contributed by atoms with Crippen LogP contribution in [0.3, 0.4) is 0 Å². The first-order chi connectivity index (χ1) is 8.91. The first kappa shape index (κ1) is 18.7. The maximum Gasteiger partial charge on any atom is 0.0673 e. The molecule has 0 aromatic carbocycles. The topological polar surface area (TPSA) is 131 Å². The average Bonchev–Trinajstić information content (AvgIpc) is 2.44. The van der Waals surface area contributed by atoms with Crippen LogP contribution < -0.4 is 0 Å². The zero-order chi connectivity index (χ0) is 15.1. The Labute approximate surface area is 113 Å². The van der Waals surface area contributed by atoms with Gasteiger partial charge in [0.05, 0.1) is 62.7 Å². The van der Waals surface area contributed by atoms with Crippen molar-refractivity contribution in [1.82, 2.24) is 0 Å². The van der Waals surface area contributed by atoms with Crippen LogP contribution in [0.4, 0.5) is 0 Å². The minimum Gasteiger partial charge on any atom is -0.396 e. The molecule has 0 heterocycles. The lowest BCUT2D eigenvalue weighted by atomic mass is 9.82. The van der Waals surface area contributed by atoms with Crippen LogP contribution in [0.25, 0.3) is 0 Å². The zero-order valence-corrected chi connectivity index (χ0v) is 11.5. The monoisotopic (exact) mass is 282 g/mol. The molecule has 19 heavy (non-hydrogen) atoms. The van der Waals surface area contributed by atoms with Gasteiger partial charge in [-0.3, -0.25) is 0 Å². The number of rotatable bonds is 10. The second-order valence-electron chi connectivity index (χ2n) is 5.09. The van der Waals surface area contributed by atoms with E-state index in [2.05, 4.69) is 0 Å². The SMILES string of the molecule is CC(OC(C)C(CO)(CO)CO)C(CO)(CO)CO. The van der Waals surface area contributed by atoms with Gasteiger partial charge in [-0.2, -0.15) is 0 Å². The fraction of sp³-hybridized carbons (Fsp3) is 1.00. The Balaban J connectivity index is 4.92. The number of aliphatic hydroxyl groups is 6. The van der Waals surface area contributed by atoms with Gasteiger partial charge in [0.25, 0.3) is 0 Å². The van der Waals surface area contributed by atoms with Crippen LogP contribution in [-0.2, 0) is 4.74 Å². The van der Waals surface area contributed by atoms with Gasteiger partial charge in [-0.05, 0) is 13.8 Å². The first-order valence-corrected chi connectivity index (χ1v) is 6.22. The van der Waals surface area contributed by atoms with E-state index in [9.17, 15) is 30.6 Å². The van der Waals surface area contributed by atoms with Crippen molar-refractivity contribution in [3.05, 3.63) is 0 Å². The molecule has 7 heteroatoms. The summed E-state index contributed by atoms with van der Waals surface area (Å²) >= 11 is 0. The smallest absolute Gasteiger partial charge is 0.0673 e. The van der Waals surface area contributed by atoms with Crippen LogP contribution >= 0.6 is 0 Å². The standard InChI is InChI=1S/C12H26O7/c1-9(11(3-13,4-14)5-15)19-10(2)12(6-16,7-17)8-18/h9-10,13-18H,3-8H2,1-2H3. The third-order valence-electron chi connectivity index (χ3n) is 4.02. The molecule has 7 nitrogen and oxygen atoms in total. The molecule has 0 aliphatic carbocycles. The molecule has 0 aromatic rings.